The standard InChI is InChI=1S/C14H22N4O3/c1-17(10-12-6-2-3-8-21-12)9-11-5-4-7-13(18(19)20)14(11)16-15/h4-5,7,12,16H,2-3,6,8-10,15H2,1H3. The maximum atomic E-state index is 11.0. The number of anilines is 1. The summed E-state index contributed by atoms with van der Waals surface area (Å²) >= 11 is 0. The molecule has 1 aromatic rings. The fraction of sp³-hybridized carbons (Fsp3) is 0.571. The van der Waals surface area contributed by atoms with E-state index in [1.807, 2.05) is 13.1 Å². The third kappa shape index (κ3) is 4.13. The van der Waals surface area contributed by atoms with Crippen LogP contribution in [0.15, 0.2) is 18.2 Å². The predicted molar refractivity (Wildman–Crippen MR) is 80.8 cm³/mol. The van der Waals surface area contributed by atoms with Gasteiger partial charge in [0.15, 0.2) is 0 Å². The number of nitrogens with two attached hydrogens (primary N) is 1. The van der Waals surface area contributed by atoms with E-state index in [0.717, 1.165) is 31.6 Å². The van der Waals surface area contributed by atoms with E-state index in [0.29, 0.717) is 12.2 Å². The molecule has 21 heavy (non-hydrogen) atoms. The summed E-state index contributed by atoms with van der Waals surface area (Å²) < 4.78 is 5.71. The molecule has 1 saturated heterocycles. The van der Waals surface area contributed by atoms with Crippen molar-refractivity contribution in [2.24, 2.45) is 5.84 Å². The summed E-state index contributed by atoms with van der Waals surface area (Å²) in [6, 6.07) is 4.97. The first-order valence-corrected chi connectivity index (χ1v) is 7.15. The quantitative estimate of drug-likeness (QED) is 0.472. The summed E-state index contributed by atoms with van der Waals surface area (Å²) in [5, 5.41) is 11.0. The summed E-state index contributed by atoms with van der Waals surface area (Å²) in [6.07, 6.45) is 3.65. The number of nitrogens with one attached hydrogen (secondary N) is 1. The highest BCUT2D eigenvalue weighted by molar-refractivity contribution is 5.65. The average molecular weight is 294 g/mol. The summed E-state index contributed by atoms with van der Waals surface area (Å²) in [5.41, 5.74) is 3.64. The topological polar surface area (TPSA) is 93.7 Å². The Kier molecular flexibility index (Phi) is 5.49. The normalized spacial score (nSPS) is 18.7. The molecule has 2 rings (SSSR count). The van der Waals surface area contributed by atoms with Crippen LogP contribution in [0.25, 0.3) is 0 Å². The van der Waals surface area contributed by atoms with E-state index in [2.05, 4.69) is 10.3 Å². The van der Waals surface area contributed by atoms with E-state index >= 15 is 0 Å². The Morgan fingerprint density at radius 3 is 2.95 bits per heavy atom. The van der Waals surface area contributed by atoms with Gasteiger partial charge in [0.05, 0.1) is 11.0 Å². The highest BCUT2D eigenvalue weighted by atomic mass is 16.6. The number of hydrogen-bond acceptors (Lipinski definition) is 6. The van der Waals surface area contributed by atoms with Crippen LogP contribution in [0.4, 0.5) is 11.4 Å². The summed E-state index contributed by atoms with van der Waals surface area (Å²) in [4.78, 5) is 12.7. The smallest absolute Gasteiger partial charge is 0.293 e. The third-order valence-corrected chi connectivity index (χ3v) is 3.70. The third-order valence-electron chi connectivity index (χ3n) is 3.70. The van der Waals surface area contributed by atoms with Crippen molar-refractivity contribution < 1.29 is 9.66 Å². The number of nitrogens with zero attached hydrogens (tertiary/aromatic N) is 2. The molecule has 0 amide bonds. The first kappa shape index (κ1) is 15.7. The molecule has 0 bridgehead atoms. The van der Waals surface area contributed by atoms with Gasteiger partial charge in [0, 0.05) is 25.8 Å². The number of likely N-dealkylation sites (N-methyl/N-ethyl adjacent to an activating group) is 1. The van der Waals surface area contributed by atoms with E-state index in [1.165, 1.54) is 12.5 Å². The van der Waals surface area contributed by atoms with Crippen LogP contribution in [-0.4, -0.2) is 36.1 Å². The zero-order valence-corrected chi connectivity index (χ0v) is 12.2. The van der Waals surface area contributed by atoms with Gasteiger partial charge < -0.3 is 10.2 Å². The van der Waals surface area contributed by atoms with Crippen LogP contribution in [0.1, 0.15) is 24.8 Å². The summed E-state index contributed by atoms with van der Waals surface area (Å²) in [5.74, 6) is 5.45. The molecule has 0 radical (unpaired) electrons. The number of para-hydroxylation sites is 1. The minimum Gasteiger partial charge on any atom is -0.377 e. The Morgan fingerprint density at radius 1 is 1.52 bits per heavy atom. The van der Waals surface area contributed by atoms with Crippen molar-refractivity contribution >= 4 is 11.4 Å². The molecule has 7 nitrogen and oxygen atoms in total. The molecule has 0 saturated carbocycles. The Balaban J connectivity index is 2.04. The average Bonchev–Trinajstić information content (AvgIpc) is 2.47. The van der Waals surface area contributed by atoms with Crippen molar-refractivity contribution in [3.05, 3.63) is 33.9 Å². The van der Waals surface area contributed by atoms with Crippen LogP contribution >= 0.6 is 0 Å². The Morgan fingerprint density at radius 2 is 2.33 bits per heavy atom. The molecular formula is C14H22N4O3. The maximum absolute atomic E-state index is 11.0. The van der Waals surface area contributed by atoms with Crippen molar-refractivity contribution in [2.45, 2.75) is 31.9 Å². The van der Waals surface area contributed by atoms with Crippen molar-refractivity contribution in [3.8, 4) is 0 Å². The highest BCUT2D eigenvalue weighted by Crippen LogP contribution is 2.28. The van der Waals surface area contributed by atoms with Gasteiger partial charge in [-0.2, -0.15) is 0 Å². The molecule has 3 N–H and O–H groups in total. The van der Waals surface area contributed by atoms with Crippen molar-refractivity contribution in [3.63, 3.8) is 0 Å². The lowest BCUT2D eigenvalue weighted by Gasteiger charge is -2.27. The number of nitrogen functional groups attached to an aromatic ring is 1. The molecule has 0 aromatic heterocycles. The number of hydrazine groups is 1. The van der Waals surface area contributed by atoms with Gasteiger partial charge in [0.1, 0.15) is 5.69 Å². The van der Waals surface area contributed by atoms with Gasteiger partial charge in [-0.05, 0) is 31.9 Å². The van der Waals surface area contributed by atoms with Crippen LogP contribution in [0.2, 0.25) is 0 Å². The summed E-state index contributed by atoms with van der Waals surface area (Å²) in [7, 11) is 1.98. The fourth-order valence-corrected chi connectivity index (χ4v) is 2.69. The molecule has 1 aliphatic rings. The largest absolute Gasteiger partial charge is 0.377 e. The van der Waals surface area contributed by atoms with E-state index in [9.17, 15) is 10.1 Å². The highest BCUT2D eigenvalue weighted by Gasteiger charge is 2.19. The second kappa shape index (κ2) is 7.35. The predicted octanol–water partition coefficient (Wildman–Crippen LogP) is 1.88. The van der Waals surface area contributed by atoms with Crippen LogP contribution in [0.5, 0.6) is 0 Å². The van der Waals surface area contributed by atoms with Gasteiger partial charge in [0.25, 0.3) is 5.69 Å². The van der Waals surface area contributed by atoms with Gasteiger partial charge in [0.2, 0.25) is 0 Å². The van der Waals surface area contributed by atoms with Gasteiger partial charge >= 0.3 is 0 Å². The minimum absolute atomic E-state index is 0.00248. The zero-order valence-electron chi connectivity index (χ0n) is 12.2. The molecule has 116 valence electrons. The van der Waals surface area contributed by atoms with Crippen LogP contribution in [0, 0.1) is 10.1 Å². The first-order chi connectivity index (χ1) is 10.1. The van der Waals surface area contributed by atoms with Gasteiger partial charge in [-0.25, -0.2) is 0 Å². The molecule has 1 unspecified atom stereocenters. The number of nitro benzene ring substituents is 1. The van der Waals surface area contributed by atoms with Crippen LogP contribution < -0.4 is 11.3 Å². The number of nitro groups is 1. The van der Waals surface area contributed by atoms with E-state index in [-0.39, 0.29) is 11.8 Å². The minimum atomic E-state index is -0.428. The molecule has 7 heteroatoms. The van der Waals surface area contributed by atoms with Gasteiger partial charge in [-0.15, -0.1) is 0 Å². The maximum Gasteiger partial charge on any atom is 0.293 e. The molecule has 1 atom stereocenters. The SMILES string of the molecule is CN(Cc1cccc([N+](=O)[O-])c1NN)CC1CCCCO1. The van der Waals surface area contributed by atoms with Gasteiger partial charge in [-0.1, -0.05) is 12.1 Å². The first-order valence-electron chi connectivity index (χ1n) is 7.15. The number of rotatable bonds is 6. The van der Waals surface area contributed by atoms with Crippen molar-refractivity contribution in [1.29, 1.82) is 0 Å². The number of benzene rings is 1. The van der Waals surface area contributed by atoms with Crippen LogP contribution in [-0.2, 0) is 11.3 Å². The fourth-order valence-electron chi connectivity index (χ4n) is 2.69. The molecule has 0 spiro atoms. The van der Waals surface area contributed by atoms with E-state index in [1.54, 1.807) is 6.07 Å². The molecule has 1 fully saturated rings. The molecule has 1 heterocycles. The van der Waals surface area contributed by atoms with Gasteiger partial charge in [-0.3, -0.25) is 20.9 Å². The number of hydrogen-bond donors (Lipinski definition) is 2. The summed E-state index contributed by atoms with van der Waals surface area (Å²) in [6.45, 7) is 2.22. The lowest BCUT2D eigenvalue weighted by atomic mass is 10.1. The monoisotopic (exact) mass is 294 g/mol. The second-order valence-electron chi connectivity index (χ2n) is 5.40. The second-order valence-corrected chi connectivity index (χ2v) is 5.40. The molecular weight excluding hydrogens is 272 g/mol. The Labute approximate surface area is 124 Å². The Bertz CT molecular complexity index is 489. The molecule has 1 aliphatic heterocycles. The Hall–Kier alpha value is -1.70. The van der Waals surface area contributed by atoms with Crippen molar-refractivity contribution in [1.82, 2.24) is 4.90 Å². The molecule has 0 aliphatic carbocycles. The van der Waals surface area contributed by atoms with Crippen LogP contribution in [0.3, 0.4) is 0 Å². The van der Waals surface area contributed by atoms with E-state index in [4.69, 9.17) is 10.6 Å². The molecule has 1 aromatic carbocycles. The van der Waals surface area contributed by atoms with Crippen molar-refractivity contribution in [2.75, 3.05) is 25.6 Å². The van der Waals surface area contributed by atoms with E-state index < -0.39 is 4.92 Å². The number of ether oxygens (including phenoxy) is 1. The lowest BCUT2D eigenvalue weighted by molar-refractivity contribution is -0.384. The zero-order chi connectivity index (χ0) is 15.2. The lowest BCUT2D eigenvalue weighted by Crippen LogP contribution is -2.33.